The van der Waals surface area contributed by atoms with E-state index in [-0.39, 0.29) is 16.7 Å². The first kappa shape index (κ1) is 13.2. The maximum absolute atomic E-state index is 10.9. The predicted octanol–water partition coefficient (Wildman–Crippen LogP) is 1.87. The summed E-state index contributed by atoms with van der Waals surface area (Å²) in [6.45, 7) is 2.51. The van der Waals surface area contributed by atoms with E-state index in [1.807, 2.05) is 6.92 Å². The molecule has 0 amide bonds. The minimum atomic E-state index is -0.368. The van der Waals surface area contributed by atoms with Gasteiger partial charge >= 0.3 is 0 Å². The number of hydrogen-bond acceptors (Lipinski definition) is 6. The Morgan fingerprint density at radius 1 is 1.47 bits per heavy atom. The van der Waals surface area contributed by atoms with E-state index in [2.05, 4.69) is 20.0 Å². The average Bonchev–Trinajstić information content (AvgIpc) is 2.91. The van der Waals surface area contributed by atoms with Crippen molar-refractivity contribution in [2.24, 2.45) is 0 Å². The highest BCUT2D eigenvalue weighted by Gasteiger charge is 2.17. The molecule has 0 radical (unpaired) electrons. The monoisotopic (exact) mass is 262 g/mol. The number of nitro benzene ring substituents is 1. The van der Waals surface area contributed by atoms with Gasteiger partial charge in [-0.2, -0.15) is 4.98 Å². The van der Waals surface area contributed by atoms with Crippen LogP contribution in [0.15, 0.2) is 35.2 Å². The third kappa shape index (κ3) is 3.35. The predicted molar refractivity (Wildman–Crippen MR) is 67.5 cm³/mol. The molecule has 1 heterocycles. The van der Waals surface area contributed by atoms with Gasteiger partial charge in [-0.1, -0.05) is 23.4 Å². The van der Waals surface area contributed by atoms with Crippen molar-refractivity contribution in [3.8, 4) is 0 Å². The highest BCUT2D eigenvalue weighted by molar-refractivity contribution is 5.41. The maximum Gasteiger partial charge on any atom is 0.274 e. The molecule has 2 rings (SSSR count). The Morgan fingerprint density at radius 3 is 2.95 bits per heavy atom. The fourth-order valence-electron chi connectivity index (χ4n) is 1.83. The molecule has 1 aromatic heterocycles. The Kier molecular flexibility index (Phi) is 4.19. The molecule has 1 N–H and O–H groups in total. The number of para-hydroxylation sites is 1. The van der Waals surface area contributed by atoms with Gasteiger partial charge in [0.25, 0.3) is 5.69 Å². The zero-order valence-electron chi connectivity index (χ0n) is 10.4. The van der Waals surface area contributed by atoms with Crippen LogP contribution >= 0.6 is 0 Å². The molecule has 19 heavy (non-hydrogen) atoms. The first-order chi connectivity index (χ1) is 9.18. The highest BCUT2D eigenvalue weighted by atomic mass is 16.6. The summed E-state index contributed by atoms with van der Waals surface area (Å²) in [5.74, 6) is 0.613. The van der Waals surface area contributed by atoms with E-state index in [1.165, 1.54) is 12.5 Å². The molecule has 1 unspecified atom stereocenters. The van der Waals surface area contributed by atoms with Crippen molar-refractivity contribution >= 4 is 5.69 Å². The molecule has 2 aromatic rings. The minimum absolute atomic E-state index is 0.117. The molecular formula is C12H14N4O3. The summed E-state index contributed by atoms with van der Waals surface area (Å²) < 4.78 is 4.63. The number of nitro groups is 1. The van der Waals surface area contributed by atoms with Gasteiger partial charge in [0, 0.05) is 30.6 Å². The second-order valence-corrected chi connectivity index (χ2v) is 4.09. The maximum atomic E-state index is 10.9. The lowest BCUT2D eigenvalue weighted by Crippen LogP contribution is -2.22. The van der Waals surface area contributed by atoms with Crippen LogP contribution in [0.1, 0.15) is 24.4 Å². The molecule has 1 atom stereocenters. The van der Waals surface area contributed by atoms with Crippen molar-refractivity contribution in [2.45, 2.75) is 19.4 Å². The van der Waals surface area contributed by atoms with Crippen molar-refractivity contribution in [3.63, 3.8) is 0 Å². The zero-order chi connectivity index (χ0) is 13.7. The van der Waals surface area contributed by atoms with Crippen LogP contribution in [0.4, 0.5) is 5.69 Å². The first-order valence-electron chi connectivity index (χ1n) is 5.90. The molecule has 1 aromatic carbocycles. The number of rotatable bonds is 6. The Bertz CT molecular complexity index is 542. The van der Waals surface area contributed by atoms with Gasteiger partial charge in [0.2, 0.25) is 6.39 Å². The summed E-state index contributed by atoms with van der Waals surface area (Å²) in [5, 5.41) is 17.8. The number of nitrogens with one attached hydrogen (secondary N) is 1. The lowest BCUT2D eigenvalue weighted by atomic mass is 10.1. The normalized spacial score (nSPS) is 12.3. The van der Waals surface area contributed by atoms with Crippen LogP contribution in [-0.4, -0.2) is 21.6 Å². The fourth-order valence-corrected chi connectivity index (χ4v) is 1.83. The molecule has 7 nitrogen and oxygen atoms in total. The smallest absolute Gasteiger partial charge is 0.274 e. The van der Waals surface area contributed by atoms with Crippen molar-refractivity contribution in [2.75, 3.05) is 6.54 Å². The topological polar surface area (TPSA) is 94.1 Å². The van der Waals surface area contributed by atoms with Gasteiger partial charge in [0.1, 0.15) is 0 Å². The van der Waals surface area contributed by atoms with Gasteiger partial charge in [-0.05, 0) is 6.92 Å². The quantitative estimate of drug-likeness (QED) is 0.630. The summed E-state index contributed by atoms with van der Waals surface area (Å²) in [5.41, 5.74) is 0.794. The van der Waals surface area contributed by atoms with E-state index in [0.29, 0.717) is 24.4 Å². The summed E-state index contributed by atoms with van der Waals surface area (Å²) >= 11 is 0. The highest BCUT2D eigenvalue weighted by Crippen LogP contribution is 2.24. The van der Waals surface area contributed by atoms with E-state index in [9.17, 15) is 10.1 Å². The van der Waals surface area contributed by atoms with Crippen LogP contribution in [0.3, 0.4) is 0 Å². The van der Waals surface area contributed by atoms with Crippen LogP contribution in [0.25, 0.3) is 0 Å². The van der Waals surface area contributed by atoms with Crippen molar-refractivity contribution in [3.05, 3.63) is 52.2 Å². The molecule has 7 heteroatoms. The summed E-state index contributed by atoms with van der Waals surface area (Å²) in [6.07, 6.45) is 1.89. The van der Waals surface area contributed by atoms with Gasteiger partial charge < -0.3 is 9.84 Å². The Labute approximate surface area is 109 Å². The molecule has 0 saturated heterocycles. The zero-order valence-corrected chi connectivity index (χ0v) is 10.4. The number of benzene rings is 1. The second-order valence-electron chi connectivity index (χ2n) is 4.09. The van der Waals surface area contributed by atoms with Crippen LogP contribution in [0.2, 0.25) is 0 Å². The van der Waals surface area contributed by atoms with E-state index < -0.39 is 0 Å². The van der Waals surface area contributed by atoms with E-state index in [0.717, 1.165) is 0 Å². The molecular weight excluding hydrogens is 248 g/mol. The first-order valence-corrected chi connectivity index (χ1v) is 5.90. The van der Waals surface area contributed by atoms with Crippen molar-refractivity contribution < 1.29 is 9.45 Å². The van der Waals surface area contributed by atoms with Crippen LogP contribution in [0, 0.1) is 10.1 Å². The molecule has 0 aliphatic carbocycles. The molecule has 0 bridgehead atoms. The van der Waals surface area contributed by atoms with Crippen LogP contribution in [-0.2, 0) is 6.42 Å². The molecule has 0 fully saturated rings. The van der Waals surface area contributed by atoms with Gasteiger partial charge in [-0.15, -0.1) is 0 Å². The third-order valence-corrected chi connectivity index (χ3v) is 2.81. The molecule has 100 valence electrons. The van der Waals surface area contributed by atoms with Gasteiger partial charge in [-0.25, -0.2) is 0 Å². The second kappa shape index (κ2) is 6.05. The van der Waals surface area contributed by atoms with Crippen molar-refractivity contribution in [1.82, 2.24) is 15.5 Å². The van der Waals surface area contributed by atoms with E-state index in [1.54, 1.807) is 18.2 Å². The largest absolute Gasteiger partial charge is 0.343 e. The molecule has 0 spiro atoms. The van der Waals surface area contributed by atoms with E-state index in [4.69, 9.17) is 0 Å². The Morgan fingerprint density at radius 2 is 2.26 bits per heavy atom. The van der Waals surface area contributed by atoms with E-state index >= 15 is 0 Å². The fraction of sp³-hybridized carbons (Fsp3) is 0.333. The average molecular weight is 262 g/mol. The van der Waals surface area contributed by atoms with Crippen molar-refractivity contribution in [1.29, 1.82) is 0 Å². The standard InChI is InChI=1S/C12H14N4O3/c1-9(13-7-6-12-14-8-19-15-12)10-4-2-3-5-11(10)16(17)18/h2-5,8-9,13H,6-7H2,1H3. The van der Waals surface area contributed by atoms with Crippen LogP contribution in [0.5, 0.6) is 0 Å². The molecule has 0 aliphatic heterocycles. The summed E-state index contributed by atoms with van der Waals surface area (Å²) in [4.78, 5) is 14.5. The van der Waals surface area contributed by atoms with Crippen LogP contribution < -0.4 is 5.32 Å². The van der Waals surface area contributed by atoms with Gasteiger partial charge in [0.05, 0.1) is 4.92 Å². The summed E-state index contributed by atoms with van der Waals surface area (Å²) in [6, 6.07) is 6.60. The Hall–Kier alpha value is -2.28. The molecule has 0 saturated carbocycles. The third-order valence-electron chi connectivity index (χ3n) is 2.81. The lowest BCUT2D eigenvalue weighted by molar-refractivity contribution is -0.385. The molecule has 0 aliphatic rings. The number of hydrogen-bond donors (Lipinski definition) is 1. The number of nitrogens with zero attached hydrogens (tertiary/aromatic N) is 3. The SMILES string of the molecule is CC(NCCc1ncon1)c1ccccc1[N+](=O)[O-]. The van der Waals surface area contributed by atoms with Gasteiger partial charge in [-0.3, -0.25) is 10.1 Å². The summed E-state index contributed by atoms with van der Waals surface area (Å²) in [7, 11) is 0. The Balaban J connectivity index is 1.96. The number of aromatic nitrogens is 2. The van der Waals surface area contributed by atoms with Gasteiger partial charge in [0.15, 0.2) is 5.82 Å². The minimum Gasteiger partial charge on any atom is -0.343 e. The lowest BCUT2D eigenvalue weighted by Gasteiger charge is -2.13.